The van der Waals surface area contributed by atoms with Gasteiger partial charge in [0.05, 0.1) is 0 Å². The molecule has 0 unspecified atom stereocenters. The minimum absolute atomic E-state index is 0.236. The summed E-state index contributed by atoms with van der Waals surface area (Å²) in [7, 11) is 1.72. The van der Waals surface area contributed by atoms with Gasteiger partial charge in [-0.3, -0.25) is 4.79 Å². The third-order valence-electron chi connectivity index (χ3n) is 5.07. The number of amides is 1. The number of likely N-dealkylation sites (N-methyl/N-ethyl adjacent to an activating group) is 1. The van der Waals surface area contributed by atoms with Gasteiger partial charge in [-0.15, -0.1) is 0 Å². The first-order chi connectivity index (χ1) is 13.5. The molecule has 0 saturated carbocycles. The van der Waals surface area contributed by atoms with E-state index in [1.54, 1.807) is 30.3 Å². The highest BCUT2D eigenvalue weighted by atomic mass is 16.5. The number of carbonyl (C=O) groups is 2. The largest absolute Gasteiger partial charge is 0.452 e. The van der Waals surface area contributed by atoms with Gasteiger partial charge < -0.3 is 14.5 Å². The average molecular weight is 381 g/mol. The fourth-order valence-electron chi connectivity index (χ4n) is 3.42. The summed E-state index contributed by atoms with van der Waals surface area (Å²) in [4.78, 5) is 33.0. The summed E-state index contributed by atoms with van der Waals surface area (Å²) in [5, 5.41) is 0. The van der Waals surface area contributed by atoms with Crippen molar-refractivity contribution >= 4 is 17.7 Å². The number of ether oxygens (including phenoxy) is 1. The summed E-state index contributed by atoms with van der Waals surface area (Å²) in [6.45, 7) is 6.04. The van der Waals surface area contributed by atoms with Gasteiger partial charge in [0.25, 0.3) is 5.91 Å². The Kier molecular flexibility index (Phi) is 6.29. The third kappa shape index (κ3) is 4.68. The number of hydrogen-bond donors (Lipinski definition) is 0. The molecule has 0 radical (unpaired) electrons. The maximum Gasteiger partial charge on any atom is 0.342 e. The lowest BCUT2D eigenvalue weighted by Gasteiger charge is -2.20. The summed E-state index contributed by atoms with van der Waals surface area (Å²) >= 11 is 0. The number of aromatic nitrogens is 1. The Hall–Kier alpha value is -2.89. The third-order valence-corrected chi connectivity index (χ3v) is 5.07. The number of anilines is 1. The SMILES string of the molecule is Cc1ccc(CN(C)C(=O)COC(=O)c2cccnc2N2CCCC2)c(C)c1. The molecule has 0 bridgehead atoms. The minimum atomic E-state index is -0.511. The van der Waals surface area contributed by atoms with E-state index in [-0.39, 0.29) is 12.5 Å². The van der Waals surface area contributed by atoms with Gasteiger partial charge in [-0.1, -0.05) is 23.8 Å². The van der Waals surface area contributed by atoms with Crippen molar-refractivity contribution in [2.75, 3.05) is 31.6 Å². The molecule has 1 aliphatic rings. The van der Waals surface area contributed by atoms with Gasteiger partial charge in [0.1, 0.15) is 11.4 Å². The van der Waals surface area contributed by atoms with Gasteiger partial charge in [0, 0.05) is 32.9 Å². The smallest absolute Gasteiger partial charge is 0.342 e. The molecular weight excluding hydrogens is 354 g/mol. The lowest BCUT2D eigenvalue weighted by Crippen LogP contribution is -2.31. The predicted octanol–water partition coefficient (Wildman–Crippen LogP) is 3.11. The lowest BCUT2D eigenvalue weighted by atomic mass is 10.1. The molecule has 1 saturated heterocycles. The van der Waals surface area contributed by atoms with Gasteiger partial charge in [-0.05, 0) is 49.9 Å². The van der Waals surface area contributed by atoms with Crippen LogP contribution >= 0.6 is 0 Å². The van der Waals surface area contributed by atoms with Gasteiger partial charge in [0.15, 0.2) is 6.61 Å². The van der Waals surface area contributed by atoms with Gasteiger partial charge in [0.2, 0.25) is 0 Å². The Balaban J connectivity index is 1.59. The Morgan fingerprint density at radius 3 is 2.64 bits per heavy atom. The van der Waals surface area contributed by atoms with Crippen LogP contribution in [0.15, 0.2) is 36.5 Å². The summed E-state index contributed by atoms with van der Waals surface area (Å²) in [5.41, 5.74) is 3.82. The zero-order valence-corrected chi connectivity index (χ0v) is 16.8. The normalized spacial score (nSPS) is 13.5. The minimum Gasteiger partial charge on any atom is -0.452 e. The van der Waals surface area contributed by atoms with Crippen molar-refractivity contribution < 1.29 is 14.3 Å². The van der Waals surface area contributed by atoms with E-state index in [1.807, 2.05) is 26.0 Å². The number of benzene rings is 1. The zero-order valence-electron chi connectivity index (χ0n) is 16.8. The Labute approximate surface area is 166 Å². The average Bonchev–Trinajstić information content (AvgIpc) is 3.22. The number of hydrogen-bond acceptors (Lipinski definition) is 5. The molecule has 2 heterocycles. The summed E-state index contributed by atoms with van der Waals surface area (Å²) in [5.74, 6) is -0.107. The molecule has 148 valence electrons. The van der Waals surface area contributed by atoms with Crippen molar-refractivity contribution in [3.63, 3.8) is 0 Å². The maximum absolute atomic E-state index is 12.5. The first kappa shape index (κ1) is 19.9. The van der Waals surface area contributed by atoms with E-state index in [0.717, 1.165) is 37.1 Å². The van der Waals surface area contributed by atoms with E-state index in [0.29, 0.717) is 17.9 Å². The Morgan fingerprint density at radius 2 is 1.93 bits per heavy atom. The molecule has 3 rings (SSSR count). The lowest BCUT2D eigenvalue weighted by molar-refractivity contribution is -0.133. The van der Waals surface area contributed by atoms with E-state index < -0.39 is 5.97 Å². The molecule has 1 aromatic carbocycles. The zero-order chi connectivity index (χ0) is 20.1. The molecule has 6 heteroatoms. The number of pyridine rings is 1. The molecule has 6 nitrogen and oxygen atoms in total. The second-order valence-corrected chi connectivity index (χ2v) is 7.32. The molecule has 0 aliphatic carbocycles. The van der Waals surface area contributed by atoms with E-state index in [4.69, 9.17) is 4.74 Å². The maximum atomic E-state index is 12.5. The van der Waals surface area contributed by atoms with Crippen molar-refractivity contribution in [1.82, 2.24) is 9.88 Å². The van der Waals surface area contributed by atoms with Gasteiger partial charge in [-0.2, -0.15) is 0 Å². The fraction of sp³-hybridized carbons (Fsp3) is 0.409. The van der Waals surface area contributed by atoms with Crippen molar-refractivity contribution in [3.05, 3.63) is 58.8 Å². The first-order valence-corrected chi connectivity index (χ1v) is 9.63. The molecule has 0 N–H and O–H groups in total. The quantitative estimate of drug-likeness (QED) is 0.720. The topological polar surface area (TPSA) is 62.7 Å². The summed E-state index contributed by atoms with van der Waals surface area (Å²) in [6, 6.07) is 9.56. The molecule has 1 aromatic heterocycles. The van der Waals surface area contributed by atoms with E-state index >= 15 is 0 Å². The molecule has 1 fully saturated rings. The summed E-state index contributed by atoms with van der Waals surface area (Å²) in [6.07, 6.45) is 3.85. The number of esters is 1. The van der Waals surface area contributed by atoms with E-state index in [1.165, 1.54) is 5.56 Å². The number of carbonyl (C=O) groups excluding carboxylic acids is 2. The molecule has 0 atom stereocenters. The first-order valence-electron chi connectivity index (χ1n) is 9.63. The van der Waals surface area contributed by atoms with Crippen LogP contribution in [0.25, 0.3) is 0 Å². The van der Waals surface area contributed by atoms with Crippen molar-refractivity contribution in [2.24, 2.45) is 0 Å². The number of nitrogens with zero attached hydrogens (tertiary/aromatic N) is 3. The van der Waals surface area contributed by atoms with E-state index in [9.17, 15) is 9.59 Å². The van der Waals surface area contributed by atoms with Crippen LogP contribution in [0.4, 0.5) is 5.82 Å². The highest BCUT2D eigenvalue weighted by Crippen LogP contribution is 2.22. The monoisotopic (exact) mass is 381 g/mol. The number of aryl methyl sites for hydroxylation is 2. The fourth-order valence-corrected chi connectivity index (χ4v) is 3.42. The van der Waals surface area contributed by atoms with Crippen LogP contribution in [-0.4, -0.2) is 48.5 Å². The highest BCUT2D eigenvalue weighted by molar-refractivity contribution is 5.96. The van der Waals surface area contributed by atoms with Crippen LogP contribution in [-0.2, 0) is 16.1 Å². The standard InChI is InChI=1S/C22H27N3O3/c1-16-8-9-18(17(2)13-16)14-24(3)20(26)15-28-22(27)19-7-6-10-23-21(19)25-11-4-5-12-25/h6-10,13H,4-5,11-12,14-15H2,1-3H3. The molecular formula is C22H27N3O3. The Bertz CT molecular complexity index is 860. The molecule has 28 heavy (non-hydrogen) atoms. The van der Waals surface area contributed by atoms with Crippen molar-refractivity contribution in [3.8, 4) is 0 Å². The summed E-state index contributed by atoms with van der Waals surface area (Å²) < 4.78 is 5.30. The van der Waals surface area contributed by atoms with Gasteiger partial charge >= 0.3 is 5.97 Å². The predicted molar refractivity (Wildman–Crippen MR) is 108 cm³/mol. The second kappa shape index (κ2) is 8.87. The molecule has 1 amide bonds. The van der Waals surface area contributed by atoms with E-state index in [2.05, 4.69) is 16.0 Å². The molecule has 0 spiro atoms. The number of rotatable bonds is 6. The van der Waals surface area contributed by atoms with Crippen molar-refractivity contribution in [1.29, 1.82) is 0 Å². The van der Waals surface area contributed by atoms with Crippen LogP contribution in [0, 0.1) is 13.8 Å². The highest BCUT2D eigenvalue weighted by Gasteiger charge is 2.22. The van der Waals surface area contributed by atoms with Crippen LogP contribution in [0.1, 0.15) is 39.9 Å². The van der Waals surface area contributed by atoms with Crippen LogP contribution in [0.2, 0.25) is 0 Å². The van der Waals surface area contributed by atoms with Gasteiger partial charge in [-0.25, -0.2) is 9.78 Å². The Morgan fingerprint density at radius 1 is 1.18 bits per heavy atom. The molecule has 1 aliphatic heterocycles. The van der Waals surface area contributed by atoms with Crippen LogP contribution < -0.4 is 4.90 Å². The van der Waals surface area contributed by atoms with Crippen LogP contribution in [0.3, 0.4) is 0 Å². The molecule has 2 aromatic rings. The second-order valence-electron chi connectivity index (χ2n) is 7.32. The van der Waals surface area contributed by atoms with Crippen molar-refractivity contribution in [2.45, 2.75) is 33.2 Å². The van der Waals surface area contributed by atoms with Crippen LogP contribution in [0.5, 0.6) is 0 Å².